The number of carbonyl (C=O) groups is 2. The van der Waals surface area contributed by atoms with Crippen LogP contribution in [0.15, 0.2) is 78.9 Å². The summed E-state index contributed by atoms with van der Waals surface area (Å²) in [5, 5.41) is 3.62. The molecule has 5 nitrogen and oxygen atoms in total. The quantitative estimate of drug-likeness (QED) is 0.387. The lowest BCUT2D eigenvalue weighted by molar-refractivity contribution is -0.141. The predicted octanol–water partition coefficient (Wildman–Crippen LogP) is 5.45. The molecule has 0 saturated carbocycles. The smallest absolute Gasteiger partial charge is 0.243 e. The molecule has 0 aromatic heterocycles. The first-order chi connectivity index (χ1) is 16.9. The van der Waals surface area contributed by atoms with Crippen LogP contribution in [0.5, 0.6) is 5.75 Å². The predicted molar refractivity (Wildman–Crippen MR) is 141 cm³/mol. The molecule has 0 fully saturated rings. The molecule has 0 aliphatic carbocycles. The van der Waals surface area contributed by atoms with E-state index in [1.807, 2.05) is 86.6 Å². The fourth-order valence-electron chi connectivity index (χ4n) is 3.87. The van der Waals surface area contributed by atoms with Gasteiger partial charge < -0.3 is 15.0 Å². The van der Waals surface area contributed by atoms with Gasteiger partial charge in [-0.25, -0.2) is 0 Å². The lowest BCUT2D eigenvalue weighted by atomic mass is 10.0. The number of methoxy groups -OCH3 is 1. The number of hydrogen-bond donors (Lipinski definition) is 1. The zero-order chi connectivity index (χ0) is 25.2. The van der Waals surface area contributed by atoms with Crippen molar-refractivity contribution in [3.8, 4) is 5.75 Å². The van der Waals surface area contributed by atoms with Gasteiger partial charge in [0.25, 0.3) is 0 Å². The Labute approximate surface area is 213 Å². The second-order valence-electron chi connectivity index (χ2n) is 8.66. The van der Waals surface area contributed by atoms with Crippen molar-refractivity contribution in [1.29, 1.82) is 0 Å². The average molecular weight is 493 g/mol. The van der Waals surface area contributed by atoms with Crippen LogP contribution in [0.4, 0.5) is 0 Å². The minimum absolute atomic E-state index is 0.00175. The van der Waals surface area contributed by atoms with Crippen LogP contribution in [0.25, 0.3) is 0 Å². The topological polar surface area (TPSA) is 58.6 Å². The minimum atomic E-state index is -0.687. The van der Waals surface area contributed by atoms with E-state index < -0.39 is 6.04 Å². The van der Waals surface area contributed by atoms with E-state index in [9.17, 15) is 9.59 Å². The highest BCUT2D eigenvalue weighted by molar-refractivity contribution is 6.31. The summed E-state index contributed by atoms with van der Waals surface area (Å²) in [5.74, 6) is 0.365. The number of hydrogen-bond acceptors (Lipinski definition) is 3. The summed E-state index contributed by atoms with van der Waals surface area (Å²) >= 11 is 6.37. The molecule has 2 atom stereocenters. The average Bonchev–Trinajstić information content (AvgIpc) is 2.88. The molecule has 6 heteroatoms. The van der Waals surface area contributed by atoms with Gasteiger partial charge in [0, 0.05) is 24.0 Å². The number of benzene rings is 3. The van der Waals surface area contributed by atoms with Gasteiger partial charge >= 0.3 is 0 Å². The molecule has 3 aromatic rings. The van der Waals surface area contributed by atoms with Gasteiger partial charge in [-0.3, -0.25) is 9.59 Å². The van der Waals surface area contributed by atoms with Gasteiger partial charge in [0.2, 0.25) is 11.8 Å². The molecule has 0 spiro atoms. The number of carbonyl (C=O) groups excluding carboxylic acids is 2. The lowest BCUT2D eigenvalue weighted by Gasteiger charge is -2.32. The third-order valence-corrected chi connectivity index (χ3v) is 6.43. The van der Waals surface area contributed by atoms with Crippen LogP contribution < -0.4 is 10.1 Å². The van der Waals surface area contributed by atoms with Crippen LogP contribution in [-0.4, -0.2) is 35.9 Å². The maximum atomic E-state index is 13.8. The van der Waals surface area contributed by atoms with Crippen molar-refractivity contribution >= 4 is 23.4 Å². The lowest BCUT2D eigenvalue weighted by Crippen LogP contribution is -2.52. The zero-order valence-electron chi connectivity index (χ0n) is 20.5. The third kappa shape index (κ3) is 7.59. The van der Waals surface area contributed by atoms with E-state index in [0.29, 0.717) is 17.2 Å². The molecule has 0 aliphatic rings. The molecular weight excluding hydrogens is 460 g/mol. The molecular formula is C29H33ClN2O3. The van der Waals surface area contributed by atoms with Gasteiger partial charge in [0.05, 0.1) is 13.5 Å². The molecule has 0 aliphatic heterocycles. The maximum Gasteiger partial charge on any atom is 0.243 e. The third-order valence-electron chi connectivity index (χ3n) is 6.06. The van der Waals surface area contributed by atoms with Crippen LogP contribution in [0, 0.1) is 0 Å². The van der Waals surface area contributed by atoms with Crippen molar-refractivity contribution in [1.82, 2.24) is 10.2 Å². The van der Waals surface area contributed by atoms with E-state index in [-0.39, 0.29) is 30.8 Å². The SMILES string of the molecule is CC[C@H](C)NC(=O)[C@H](Cc1ccccc1)N(Cc1cccc(OC)c1)C(=O)Cc1ccccc1Cl. The fourth-order valence-corrected chi connectivity index (χ4v) is 4.07. The summed E-state index contributed by atoms with van der Waals surface area (Å²) in [6.45, 7) is 4.26. The molecule has 2 amide bonds. The van der Waals surface area contributed by atoms with Crippen LogP contribution >= 0.6 is 11.6 Å². The Morgan fingerprint density at radius 3 is 2.34 bits per heavy atom. The van der Waals surface area contributed by atoms with Crippen molar-refractivity contribution in [2.45, 2.75) is 51.7 Å². The summed E-state index contributed by atoms with van der Waals surface area (Å²) in [7, 11) is 1.61. The van der Waals surface area contributed by atoms with Gasteiger partial charge in [-0.05, 0) is 48.2 Å². The number of nitrogens with one attached hydrogen (secondary N) is 1. The molecule has 0 saturated heterocycles. The maximum absolute atomic E-state index is 13.8. The van der Waals surface area contributed by atoms with E-state index >= 15 is 0 Å². The van der Waals surface area contributed by atoms with Crippen molar-refractivity contribution in [2.24, 2.45) is 0 Å². The summed E-state index contributed by atoms with van der Waals surface area (Å²) in [4.78, 5) is 29.0. The molecule has 0 bridgehead atoms. The van der Waals surface area contributed by atoms with Crippen molar-refractivity contribution in [3.63, 3.8) is 0 Å². The molecule has 184 valence electrons. The van der Waals surface area contributed by atoms with E-state index in [2.05, 4.69) is 5.32 Å². The normalized spacial score (nSPS) is 12.5. The second-order valence-corrected chi connectivity index (χ2v) is 9.07. The largest absolute Gasteiger partial charge is 0.497 e. The molecule has 3 rings (SSSR count). The highest BCUT2D eigenvalue weighted by Crippen LogP contribution is 2.21. The number of ether oxygens (including phenoxy) is 1. The van der Waals surface area contributed by atoms with Gasteiger partial charge in [-0.15, -0.1) is 0 Å². The van der Waals surface area contributed by atoms with Gasteiger partial charge in [-0.1, -0.05) is 79.2 Å². The minimum Gasteiger partial charge on any atom is -0.497 e. The standard InChI is InChI=1S/C29H33ClN2O3/c1-4-21(2)31-29(34)27(18-22-11-6-5-7-12-22)32(20-23-13-10-15-25(17-23)35-3)28(33)19-24-14-8-9-16-26(24)30/h5-17,21,27H,4,18-20H2,1-3H3,(H,31,34)/t21-,27-/m0/s1. The van der Waals surface area contributed by atoms with Crippen LogP contribution in [0.3, 0.4) is 0 Å². The summed E-state index contributed by atoms with van der Waals surface area (Å²) in [6, 6.07) is 24.0. The molecule has 1 N–H and O–H groups in total. The van der Waals surface area contributed by atoms with Crippen molar-refractivity contribution in [2.75, 3.05) is 7.11 Å². The first kappa shape index (κ1) is 26.3. The van der Waals surface area contributed by atoms with Gasteiger partial charge in [0.15, 0.2) is 0 Å². The van der Waals surface area contributed by atoms with Crippen LogP contribution in [-0.2, 0) is 29.0 Å². The highest BCUT2D eigenvalue weighted by Gasteiger charge is 2.31. The Hall–Kier alpha value is -3.31. The summed E-state index contributed by atoms with van der Waals surface area (Å²) < 4.78 is 5.38. The Balaban J connectivity index is 1.99. The first-order valence-corrected chi connectivity index (χ1v) is 12.3. The van der Waals surface area contributed by atoms with E-state index in [1.165, 1.54) is 0 Å². The Morgan fingerprint density at radius 1 is 0.971 bits per heavy atom. The van der Waals surface area contributed by atoms with Crippen molar-refractivity contribution < 1.29 is 14.3 Å². The number of halogens is 1. The van der Waals surface area contributed by atoms with E-state index in [0.717, 1.165) is 23.1 Å². The number of rotatable bonds is 11. The second kappa shape index (κ2) is 13.0. The van der Waals surface area contributed by atoms with Gasteiger partial charge in [-0.2, -0.15) is 0 Å². The van der Waals surface area contributed by atoms with Crippen molar-refractivity contribution in [3.05, 3.63) is 101 Å². The molecule has 35 heavy (non-hydrogen) atoms. The Bertz CT molecular complexity index is 1120. The number of amides is 2. The molecule has 0 unspecified atom stereocenters. The molecule has 3 aromatic carbocycles. The zero-order valence-corrected chi connectivity index (χ0v) is 21.3. The van der Waals surface area contributed by atoms with Gasteiger partial charge in [0.1, 0.15) is 11.8 Å². The highest BCUT2D eigenvalue weighted by atomic mass is 35.5. The fraction of sp³-hybridized carbons (Fsp3) is 0.310. The van der Waals surface area contributed by atoms with E-state index in [4.69, 9.17) is 16.3 Å². The summed E-state index contributed by atoms with van der Waals surface area (Å²) in [5.41, 5.74) is 2.60. The number of nitrogens with zero attached hydrogens (tertiary/aromatic N) is 1. The Kier molecular flexibility index (Phi) is 9.74. The molecule has 0 radical (unpaired) electrons. The summed E-state index contributed by atoms with van der Waals surface area (Å²) in [6.07, 6.45) is 1.31. The first-order valence-electron chi connectivity index (χ1n) is 11.9. The van der Waals surface area contributed by atoms with E-state index in [1.54, 1.807) is 18.1 Å². The molecule has 0 heterocycles. The van der Waals surface area contributed by atoms with Crippen LogP contribution in [0.2, 0.25) is 5.02 Å². The monoisotopic (exact) mass is 492 g/mol. The van der Waals surface area contributed by atoms with Crippen LogP contribution in [0.1, 0.15) is 37.0 Å². The Morgan fingerprint density at radius 2 is 1.66 bits per heavy atom.